The van der Waals surface area contributed by atoms with E-state index in [4.69, 9.17) is 4.74 Å². The van der Waals surface area contributed by atoms with Crippen LogP contribution in [-0.4, -0.2) is 31.3 Å². The minimum atomic E-state index is -4.03. The molecule has 1 amide bonds. The predicted octanol–water partition coefficient (Wildman–Crippen LogP) is 2.32. The van der Waals surface area contributed by atoms with Crippen LogP contribution in [0.4, 0.5) is 0 Å². The molecule has 23 heavy (non-hydrogen) atoms. The summed E-state index contributed by atoms with van der Waals surface area (Å²) in [6, 6.07) is 5.76. The molecule has 0 saturated heterocycles. The first-order valence-electron chi connectivity index (χ1n) is 7.53. The van der Waals surface area contributed by atoms with Crippen molar-refractivity contribution in [1.29, 1.82) is 0 Å². The molecule has 2 N–H and O–H groups in total. The number of hydroxylamine groups is 1. The second kappa shape index (κ2) is 8.85. The van der Waals surface area contributed by atoms with Crippen molar-refractivity contribution in [2.24, 2.45) is 5.92 Å². The Hall–Kier alpha value is -1.64. The first-order valence-corrected chi connectivity index (χ1v) is 9.01. The number of nitrogens with zero attached hydrogens (tertiary/aromatic N) is 1. The average Bonchev–Trinajstić information content (AvgIpc) is 2.47. The number of carbonyl (C=O) groups excluding carboxylic acids is 1. The minimum absolute atomic E-state index is 0.00112. The summed E-state index contributed by atoms with van der Waals surface area (Å²) in [7, 11) is -4.03. The molecule has 0 heterocycles. The lowest BCUT2D eigenvalue weighted by Gasteiger charge is -2.17. The molecule has 0 aliphatic rings. The second-order valence-electron chi connectivity index (χ2n) is 5.57. The van der Waals surface area contributed by atoms with Gasteiger partial charge in [0, 0.05) is 6.42 Å². The van der Waals surface area contributed by atoms with E-state index in [2.05, 4.69) is 0 Å². The molecule has 0 fully saturated rings. The van der Waals surface area contributed by atoms with E-state index in [1.807, 2.05) is 11.8 Å². The molecule has 0 spiro atoms. The summed E-state index contributed by atoms with van der Waals surface area (Å²) in [5, 5.41) is 9.55. The van der Waals surface area contributed by atoms with Crippen LogP contribution in [0, 0.1) is 5.92 Å². The summed E-state index contributed by atoms with van der Waals surface area (Å²) >= 11 is 0. The van der Waals surface area contributed by atoms with Crippen molar-refractivity contribution in [3.63, 3.8) is 0 Å². The maximum absolute atomic E-state index is 12.1. The molecule has 0 radical (unpaired) electrons. The van der Waals surface area contributed by atoms with Gasteiger partial charge < -0.3 is 4.74 Å². The number of ether oxygens (including phenoxy) is 1. The van der Waals surface area contributed by atoms with E-state index >= 15 is 0 Å². The minimum Gasteiger partial charge on any atom is -0.494 e. The van der Waals surface area contributed by atoms with Crippen LogP contribution in [0.3, 0.4) is 0 Å². The summed E-state index contributed by atoms with van der Waals surface area (Å²) in [5.41, 5.74) is 0. The van der Waals surface area contributed by atoms with Crippen LogP contribution in [-0.2, 0) is 14.8 Å². The van der Waals surface area contributed by atoms with Crippen molar-refractivity contribution in [2.75, 3.05) is 6.61 Å². The van der Waals surface area contributed by atoms with Crippen LogP contribution in [0.5, 0.6) is 5.75 Å². The Morgan fingerprint density at radius 2 is 1.91 bits per heavy atom. The van der Waals surface area contributed by atoms with Gasteiger partial charge in [-0.3, -0.25) is 10.0 Å². The average molecular weight is 344 g/mol. The topological polar surface area (TPSA) is 95.9 Å². The molecular formula is C15H24N2O5S. The highest BCUT2D eigenvalue weighted by Gasteiger charge is 2.21. The first kappa shape index (κ1) is 19.4. The maximum Gasteiger partial charge on any atom is 0.262 e. The van der Waals surface area contributed by atoms with Crippen LogP contribution < -0.4 is 9.57 Å². The van der Waals surface area contributed by atoms with Gasteiger partial charge in [-0.1, -0.05) is 32.0 Å². The Balaban J connectivity index is 2.70. The zero-order valence-corrected chi connectivity index (χ0v) is 14.5. The molecule has 8 heteroatoms. The molecule has 0 atom stereocenters. The van der Waals surface area contributed by atoms with Gasteiger partial charge in [0.15, 0.2) is 0 Å². The molecule has 0 bridgehead atoms. The maximum atomic E-state index is 12.1. The Morgan fingerprint density at radius 3 is 2.43 bits per heavy atom. The number of amides is 1. The lowest BCUT2D eigenvalue weighted by atomic mass is 10.1. The lowest BCUT2D eigenvalue weighted by Crippen LogP contribution is -2.44. The van der Waals surface area contributed by atoms with Crippen LogP contribution >= 0.6 is 0 Å². The molecule has 0 aliphatic heterocycles. The summed E-state index contributed by atoms with van der Waals surface area (Å²) in [5.74, 6) is -0.154. The van der Waals surface area contributed by atoms with Gasteiger partial charge in [-0.25, -0.2) is 8.42 Å². The normalized spacial score (nSPS) is 11.5. The molecule has 1 rings (SSSR count). The second-order valence-corrected chi connectivity index (χ2v) is 7.23. The number of hydrogen-bond acceptors (Lipinski definition) is 5. The van der Waals surface area contributed by atoms with Crippen molar-refractivity contribution in [3.05, 3.63) is 24.3 Å². The first-order chi connectivity index (χ1) is 10.8. The van der Waals surface area contributed by atoms with Crippen LogP contribution in [0.15, 0.2) is 29.2 Å². The number of benzene rings is 1. The highest BCUT2D eigenvalue weighted by atomic mass is 32.2. The van der Waals surface area contributed by atoms with E-state index in [1.165, 1.54) is 24.3 Å². The number of hydrogen-bond donors (Lipinski definition) is 2. The van der Waals surface area contributed by atoms with Crippen LogP contribution in [0.2, 0.25) is 0 Å². The monoisotopic (exact) mass is 344 g/mol. The van der Waals surface area contributed by atoms with E-state index < -0.39 is 15.9 Å². The van der Waals surface area contributed by atoms with Crippen molar-refractivity contribution < 1.29 is 23.2 Å². The quantitative estimate of drug-likeness (QED) is 0.407. The fourth-order valence-corrected chi connectivity index (χ4v) is 2.63. The number of unbranched alkanes of at least 4 members (excludes halogenated alkanes) is 1. The Morgan fingerprint density at radius 1 is 1.30 bits per heavy atom. The van der Waals surface area contributed by atoms with E-state index in [-0.39, 0.29) is 22.4 Å². The van der Waals surface area contributed by atoms with Crippen molar-refractivity contribution >= 4 is 15.9 Å². The van der Waals surface area contributed by atoms with Gasteiger partial charge in [-0.2, -0.15) is 0 Å². The smallest absolute Gasteiger partial charge is 0.262 e. The zero-order valence-electron chi connectivity index (χ0n) is 13.7. The number of carbonyl (C=O) groups is 1. The van der Waals surface area contributed by atoms with Gasteiger partial charge in [0.25, 0.3) is 15.9 Å². The molecule has 0 aliphatic carbocycles. The Labute approximate surface area is 137 Å². The Bertz CT molecular complexity index is 599. The number of hydrazine groups is 1. The highest BCUT2D eigenvalue weighted by molar-refractivity contribution is 7.89. The third-order valence-corrected chi connectivity index (χ3v) is 4.23. The molecule has 0 saturated carbocycles. The fraction of sp³-hybridized carbons (Fsp3) is 0.533. The Kier molecular flexibility index (Phi) is 7.47. The predicted molar refractivity (Wildman–Crippen MR) is 85.3 cm³/mol. The molecule has 0 unspecified atom stereocenters. The third-order valence-electron chi connectivity index (χ3n) is 2.93. The molecule has 7 nitrogen and oxygen atoms in total. The molecule has 1 aromatic rings. The van der Waals surface area contributed by atoms with Gasteiger partial charge in [-0.15, -0.1) is 5.17 Å². The van der Waals surface area contributed by atoms with Crippen molar-refractivity contribution in [2.45, 2.75) is 44.9 Å². The summed E-state index contributed by atoms with van der Waals surface area (Å²) in [6.45, 7) is 6.19. The summed E-state index contributed by atoms with van der Waals surface area (Å²) in [4.78, 5) is 13.3. The summed E-state index contributed by atoms with van der Waals surface area (Å²) in [6.07, 6.45) is 1.95. The van der Waals surface area contributed by atoms with Gasteiger partial charge in [-0.05, 0) is 36.6 Å². The van der Waals surface area contributed by atoms with Crippen molar-refractivity contribution in [3.8, 4) is 5.75 Å². The largest absolute Gasteiger partial charge is 0.494 e. The van der Waals surface area contributed by atoms with E-state index in [0.717, 1.165) is 12.8 Å². The fourth-order valence-electron chi connectivity index (χ4n) is 1.70. The zero-order chi connectivity index (χ0) is 17.5. The summed E-state index contributed by atoms with van der Waals surface area (Å²) < 4.78 is 29.6. The van der Waals surface area contributed by atoms with E-state index in [0.29, 0.717) is 12.4 Å². The SMILES string of the molecule is CCCCOc1ccc(S(=O)(=O)NN(O)C(=O)CC(C)C)cc1. The highest BCUT2D eigenvalue weighted by Crippen LogP contribution is 2.16. The number of nitrogens with one attached hydrogen (secondary N) is 1. The van der Waals surface area contributed by atoms with Gasteiger partial charge >= 0.3 is 0 Å². The molecule has 130 valence electrons. The van der Waals surface area contributed by atoms with Gasteiger partial charge in [0.2, 0.25) is 0 Å². The molecular weight excluding hydrogens is 320 g/mol. The van der Waals surface area contributed by atoms with Gasteiger partial charge in [0.05, 0.1) is 11.5 Å². The number of rotatable bonds is 9. The van der Waals surface area contributed by atoms with E-state index in [1.54, 1.807) is 13.8 Å². The van der Waals surface area contributed by atoms with Crippen LogP contribution in [0.1, 0.15) is 40.0 Å². The molecule has 0 aromatic heterocycles. The standard InChI is InChI=1S/C15H24N2O5S/c1-4-5-10-22-13-6-8-14(9-7-13)23(20,21)16-17(19)15(18)11-12(2)3/h6-9,12,16,19H,4-5,10-11H2,1-3H3. The van der Waals surface area contributed by atoms with E-state index in [9.17, 15) is 18.4 Å². The third kappa shape index (κ3) is 6.55. The van der Waals surface area contributed by atoms with Crippen LogP contribution in [0.25, 0.3) is 0 Å². The number of sulfonamides is 1. The molecule has 1 aromatic carbocycles. The van der Waals surface area contributed by atoms with Crippen molar-refractivity contribution in [1.82, 2.24) is 10.0 Å². The lowest BCUT2D eigenvalue weighted by molar-refractivity contribution is -0.173. The van der Waals surface area contributed by atoms with Gasteiger partial charge in [0.1, 0.15) is 5.75 Å².